The van der Waals surface area contributed by atoms with Gasteiger partial charge in [0.1, 0.15) is 0 Å². The fraction of sp³-hybridized carbons (Fsp3) is 0.615. The summed E-state index contributed by atoms with van der Waals surface area (Å²) >= 11 is 1.65. The molecule has 0 unspecified atom stereocenters. The Morgan fingerprint density at radius 2 is 2.33 bits per heavy atom. The Labute approximate surface area is 111 Å². The second-order valence-corrected chi connectivity index (χ2v) is 5.89. The monoisotopic (exact) mass is 266 g/mol. The number of nitrogens with one attached hydrogen (secondary N) is 1. The first-order valence-electron chi connectivity index (χ1n) is 6.54. The summed E-state index contributed by atoms with van der Waals surface area (Å²) in [6.45, 7) is 5.05. The van der Waals surface area contributed by atoms with Crippen LogP contribution in [0.4, 0.5) is 0 Å². The van der Waals surface area contributed by atoms with Crippen LogP contribution in [0.3, 0.4) is 0 Å². The predicted molar refractivity (Wildman–Crippen MR) is 71.1 cm³/mol. The van der Waals surface area contributed by atoms with E-state index in [9.17, 15) is 4.79 Å². The summed E-state index contributed by atoms with van der Waals surface area (Å²) in [5.74, 6) is 0.193. The number of thiophene rings is 1. The van der Waals surface area contributed by atoms with E-state index in [1.54, 1.807) is 11.3 Å². The highest BCUT2D eigenvalue weighted by atomic mass is 32.1. The second-order valence-electron chi connectivity index (χ2n) is 4.76. The molecule has 0 aliphatic carbocycles. The first-order valence-corrected chi connectivity index (χ1v) is 7.35. The van der Waals surface area contributed by atoms with E-state index in [-0.39, 0.29) is 5.91 Å². The molecule has 4 nitrogen and oxygen atoms in total. The zero-order chi connectivity index (χ0) is 12.4. The van der Waals surface area contributed by atoms with Gasteiger partial charge in [0.25, 0.3) is 5.91 Å². The van der Waals surface area contributed by atoms with Crippen molar-refractivity contribution in [1.29, 1.82) is 0 Å². The van der Waals surface area contributed by atoms with Crippen molar-refractivity contribution in [3.63, 3.8) is 0 Å². The number of nitrogens with zero attached hydrogens (tertiary/aromatic N) is 1. The molecule has 18 heavy (non-hydrogen) atoms. The molecule has 1 saturated heterocycles. The molecule has 5 heteroatoms. The molecule has 0 saturated carbocycles. The van der Waals surface area contributed by atoms with E-state index in [4.69, 9.17) is 4.74 Å². The van der Waals surface area contributed by atoms with Crippen LogP contribution in [0.15, 0.2) is 6.07 Å². The first kappa shape index (κ1) is 12.1. The number of rotatable bonds is 1. The number of carbonyl (C=O) groups excluding carboxylic acids is 1. The third kappa shape index (κ3) is 2.43. The van der Waals surface area contributed by atoms with E-state index in [0.717, 1.165) is 50.5 Å². The van der Waals surface area contributed by atoms with Gasteiger partial charge in [0.05, 0.1) is 18.1 Å². The molecular weight excluding hydrogens is 248 g/mol. The fourth-order valence-corrected chi connectivity index (χ4v) is 3.57. The minimum atomic E-state index is 0.193. The van der Waals surface area contributed by atoms with E-state index >= 15 is 0 Å². The average molecular weight is 266 g/mol. The quantitative estimate of drug-likeness (QED) is 0.832. The molecule has 1 aromatic rings. The molecule has 2 aliphatic rings. The lowest BCUT2D eigenvalue weighted by molar-refractivity contribution is 0.0771. The molecule has 3 heterocycles. The number of amides is 1. The summed E-state index contributed by atoms with van der Waals surface area (Å²) in [7, 11) is 0. The van der Waals surface area contributed by atoms with Gasteiger partial charge in [0, 0.05) is 30.9 Å². The maximum atomic E-state index is 12.4. The van der Waals surface area contributed by atoms with Gasteiger partial charge in [-0.2, -0.15) is 0 Å². The molecule has 1 amide bonds. The van der Waals surface area contributed by atoms with Crippen LogP contribution in [0.1, 0.15) is 26.5 Å². The molecule has 0 atom stereocenters. The number of ether oxygens (including phenoxy) is 1. The van der Waals surface area contributed by atoms with Gasteiger partial charge in [-0.25, -0.2) is 0 Å². The van der Waals surface area contributed by atoms with Crippen LogP contribution in [0.25, 0.3) is 0 Å². The molecule has 0 radical (unpaired) electrons. The van der Waals surface area contributed by atoms with Crippen molar-refractivity contribution in [2.45, 2.75) is 19.4 Å². The molecule has 2 aliphatic heterocycles. The summed E-state index contributed by atoms with van der Waals surface area (Å²) in [4.78, 5) is 16.6. The van der Waals surface area contributed by atoms with Gasteiger partial charge in [-0.05, 0) is 24.6 Å². The summed E-state index contributed by atoms with van der Waals surface area (Å²) < 4.78 is 5.43. The Morgan fingerprint density at radius 3 is 3.22 bits per heavy atom. The molecule has 0 aromatic carbocycles. The van der Waals surface area contributed by atoms with Gasteiger partial charge in [-0.15, -0.1) is 11.3 Å². The lowest BCUT2D eigenvalue weighted by Crippen LogP contribution is -2.33. The Hall–Kier alpha value is -0.910. The Balaban J connectivity index is 1.76. The normalized spacial score (nSPS) is 20.3. The Kier molecular flexibility index (Phi) is 3.63. The molecule has 1 N–H and O–H groups in total. The van der Waals surface area contributed by atoms with Crippen molar-refractivity contribution < 1.29 is 9.53 Å². The van der Waals surface area contributed by atoms with Gasteiger partial charge in [-0.3, -0.25) is 4.79 Å². The minimum Gasteiger partial charge on any atom is -0.376 e. The SMILES string of the molecule is O=C(c1cc2c(s1)CCOC2)N1CCCNCC1. The summed E-state index contributed by atoms with van der Waals surface area (Å²) in [6.07, 6.45) is 1.99. The molecule has 1 aromatic heterocycles. The van der Waals surface area contributed by atoms with Gasteiger partial charge in [0.2, 0.25) is 0 Å². The van der Waals surface area contributed by atoms with Crippen molar-refractivity contribution in [2.75, 3.05) is 32.8 Å². The van der Waals surface area contributed by atoms with Crippen LogP contribution in [-0.4, -0.2) is 43.6 Å². The fourth-order valence-electron chi connectivity index (χ4n) is 2.46. The van der Waals surface area contributed by atoms with Crippen LogP contribution in [0.5, 0.6) is 0 Å². The van der Waals surface area contributed by atoms with Gasteiger partial charge < -0.3 is 15.0 Å². The van der Waals surface area contributed by atoms with Crippen molar-refractivity contribution in [2.24, 2.45) is 0 Å². The van der Waals surface area contributed by atoms with Gasteiger partial charge in [0.15, 0.2) is 0 Å². The summed E-state index contributed by atoms with van der Waals surface area (Å²) in [6, 6.07) is 2.03. The van der Waals surface area contributed by atoms with Crippen LogP contribution in [0.2, 0.25) is 0 Å². The van der Waals surface area contributed by atoms with Crippen molar-refractivity contribution in [3.8, 4) is 0 Å². The van der Waals surface area contributed by atoms with Crippen molar-refractivity contribution in [1.82, 2.24) is 10.2 Å². The third-order valence-corrected chi connectivity index (χ3v) is 4.69. The van der Waals surface area contributed by atoms with Crippen molar-refractivity contribution >= 4 is 17.2 Å². The molecule has 0 bridgehead atoms. The number of fused-ring (bicyclic) bond motifs is 1. The summed E-state index contributed by atoms with van der Waals surface area (Å²) in [5.41, 5.74) is 1.21. The largest absolute Gasteiger partial charge is 0.376 e. The highest BCUT2D eigenvalue weighted by molar-refractivity contribution is 7.14. The maximum Gasteiger partial charge on any atom is 0.263 e. The molecular formula is C13H18N2O2S. The number of hydrogen-bond donors (Lipinski definition) is 1. The van der Waals surface area contributed by atoms with E-state index in [1.807, 2.05) is 11.0 Å². The molecule has 98 valence electrons. The summed E-state index contributed by atoms with van der Waals surface area (Å²) in [5, 5.41) is 3.32. The second kappa shape index (κ2) is 5.38. The molecule has 0 spiro atoms. The standard InChI is InChI=1S/C13H18N2O2S/c16-13(15-5-1-3-14-4-6-15)12-8-10-9-17-7-2-11(10)18-12/h8,14H,1-7,9H2. The smallest absolute Gasteiger partial charge is 0.263 e. The Morgan fingerprint density at radius 1 is 1.39 bits per heavy atom. The number of hydrogen-bond acceptors (Lipinski definition) is 4. The lowest BCUT2D eigenvalue weighted by atomic mass is 10.2. The van der Waals surface area contributed by atoms with E-state index in [2.05, 4.69) is 5.32 Å². The first-order chi connectivity index (χ1) is 8.84. The topological polar surface area (TPSA) is 41.6 Å². The highest BCUT2D eigenvalue weighted by Gasteiger charge is 2.22. The van der Waals surface area contributed by atoms with Crippen molar-refractivity contribution in [3.05, 3.63) is 21.4 Å². The van der Waals surface area contributed by atoms with Gasteiger partial charge >= 0.3 is 0 Å². The third-order valence-electron chi connectivity index (χ3n) is 3.47. The van der Waals surface area contributed by atoms with Crippen LogP contribution in [-0.2, 0) is 17.8 Å². The number of carbonyl (C=O) groups is 1. The lowest BCUT2D eigenvalue weighted by Gasteiger charge is -2.18. The minimum absolute atomic E-state index is 0.193. The molecule has 3 rings (SSSR count). The maximum absolute atomic E-state index is 12.4. The molecule has 1 fully saturated rings. The predicted octanol–water partition coefficient (Wildman–Crippen LogP) is 1.26. The highest BCUT2D eigenvalue weighted by Crippen LogP contribution is 2.27. The van der Waals surface area contributed by atoms with E-state index in [0.29, 0.717) is 6.61 Å². The van der Waals surface area contributed by atoms with Crippen LogP contribution >= 0.6 is 11.3 Å². The van der Waals surface area contributed by atoms with E-state index < -0.39 is 0 Å². The average Bonchev–Trinajstić information content (AvgIpc) is 2.64. The van der Waals surface area contributed by atoms with Crippen LogP contribution in [0, 0.1) is 0 Å². The zero-order valence-electron chi connectivity index (χ0n) is 10.4. The van der Waals surface area contributed by atoms with Gasteiger partial charge in [-0.1, -0.05) is 0 Å². The van der Waals surface area contributed by atoms with E-state index in [1.165, 1.54) is 10.4 Å². The zero-order valence-corrected chi connectivity index (χ0v) is 11.2. The van der Waals surface area contributed by atoms with Crippen LogP contribution < -0.4 is 5.32 Å². The Bertz CT molecular complexity index is 413.